The van der Waals surface area contributed by atoms with Crippen LogP contribution >= 0.6 is 15.9 Å². The SMILES string of the molecule is CC(C)Cc1nc(-c2ccc(F)cn2)[nH]c(=O)c1Br. The van der Waals surface area contributed by atoms with Crippen LogP contribution in [0, 0.1) is 11.7 Å². The summed E-state index contributed by atoms with van der Waals surface area (Å²) in [5.41, 5.74) is 0.864. The van der Waals surface area contributed by atoms with Crippen LogP contribution < -0.4 is 5.56 Å². The maximum absolute atomic E-state index is 12.8. The van der Waals surface area contributed by atoms with Gasteiger partial charge < -0.3 is 4.98 Å². The topological polar surface area (TPSA) is 58.6 Å². The number of aromatic nitrogens is 3. The first kappa shape index (κ1) is 13.9. The van der Waals surface area contributed by atoms with Crippen LogP contribution in [0.15, 0.2) is 27.6 Å². The third kappa shape index (κ3) is 3.26. The number of hydrogen-bond acceptors (Lipinski definition) is 3. The second-order valence-electron chi connectivity index (χ2n) is 4.63. The maximum atomic E-state index is 12.8. The summed E-state index contributed by atoms with van der Waals surface area (Å²) in [5, 5.41) is 0. The number of rotatable bonds is 3. The molecule has 2 aromatic rings. The third-order valence-electron chi connectivity index (χ3n) is 2.50. The molecule has 2 rings (SSSR count). The number of nitrogens with one attached hydrogen (secondary N) is 1. The van der Waals surface area contributed by atoms with E-state index in [1.54, 1.807) is 0 Å². The van der Waals surface area contributed by atoms with Crippen LogP contribution in [0.3, 0.4) is 0 Å². The van der Waals surface area contributed by atoms with Gasteiger partial charge in [-0.25, -0.2) is 14.4 Å². The van der Waals surface area contributed by atoms with Crippen molar-refractivity contribution in [1.82, 2.24) is 15.0 Å². The molecule has 1 N–H and O–H groups in total. The summed E-state index contributed by atoms with van der Waals surface area (Å²) in [7, 11) is 0. The van der Waals surface area contributed by atoms with Crippen molar-refractivity contribution in [2.24, 2.45) is 5.92 Å². The summed E-state index contributed by atoms with van der Waals surface area (Å²) in [6, 6.07) is 2.77. The van der Waals surface area contributed by atoms with Crippen molar-refractivity contribution in [3.8, 4) is 11.5 Å². The van der Waals surface area contributed by atoms with Crippen LogP contribution in [0.5, 0.6) is 0 Å². The fraction of sp³-hybridized carbons (Fsp3) is 0.308. The van der Waals surface area contributed by atoms with E-state index in [4.69, 9.17) is 0 Å². The smallest absolute Gasteiger partial charge is 0.265 e. The minimum absolute atomic E-state index is 0.258. The molecule has 0 aliphatic rings. The maximum Gasteiger partial charge on any atom is 0.265 e. The van der Waals surface area contributed by atoms with Gasteiger partial charge in [-0.2, -0.15) is 0 Å². The summed E-state index contributed by atoms with van der Waals surface area (Å²) in [4.78, 5) is 22.8. The van der Waals surface area contributed by atoms with Crippen molar-refractivity contribution >= 4 is 15.9 Å². The zero-order valence-electron chi connectivity index (χ0n) is 10.6. The Labute approximate surface area is 118 Å². The van der Waals surface area contributed by atoms with Gasteiger partial charge in [-0.1, -0.05) is 13.8 Å². The Hall–Kier alpha value is -1.56. The van der Waals surface area contributed by atoms with E-state index in [2.05, 4.69) is 30.9 Å². The number of H-pyrrole nitrogens is 1. The molecule has 0 saturated carbocycles. The van der Waals surface area contributed by atoms with Crippen molar-refractivity contribution in [1.29, 1.82) is 0 Å². The molecule has 4 nitrogen and oxygen atoms in total. The molecule has 0 aromatic carbocycles. The molecule has 0 aliphatic heterocycles. The van der Waals surface area contributed by atoms with Gasteiger partial charge in [0.15, 0.2) is 5.82 Å². The van der Waals surface area contributed by atoms with Gasteiger partial charge in [0.1, 0.15) is 16.0 Å². The quantitative estimate of drug-likeness (QED) is 0.943. The van der Waals surface area contributed by atoms with E-state index < -0.39 is 5.82 Å². The van der Waals surface area contributed by atoms with Gasteiger partial charge in [0.05, 0.1) is 11.9 Å². The Bertz CT molecular complexity index is 637. The van der Waals surface area contributed by atoms with Crippen LogP contribution in [0.25, 0.3) is 11.5 Å². The molecule has 0 fully saturated rings. The average molecular weight is 326 g/mol. The molecule has 19 heavy (non-hydrogen) atoms. The van der Waals surface area contributed by atoms with Crippen molar-refractivity contribution < 1.29 is 4.39 Å². The molecule has 0 spiro atoms. The zero-order valence-corrected chi connectivity index (χ0v) is 12.2. The van der Waals surface area contributed by atoms with Crippen LogP contribution in [-0.4, -0.2) is 15.0 Å². The molecule has 0 saturated heterocycles. The molecular formula is C13H13BrFN3O. The predicted octanol–water partition coefficient (Wildman–Crippen LogP) is 2.93. The lowest BCUT2D eigenvalue weighted by Crippen LogP contribution is -2.15. The number of pyridine rings is 1. The Morgan fingerprint density at radius 1 is 1.42 bits per heavy atom. The minimum Gasteiger partial charge on any atom is -0.304 e. The third-order valence-corrected chi connectivity index (χ3v) is 3.32. The van der Waals surface area contributed by atoms with Crippen molar-refractivity contribution in [2.45, 2.75) is 20.3 Å². The lowest BCUT2D eigenvalue weighted by molar-refractivity contribution is 0.621. The molecular weight excluding hydrogens is 313 g/mol. The van der Waals surface area contributed by atoms with Gasteiger partial charge in [-0.15, -0.1) is 0 Å². The van der Waals surface area contributed by atoms with Gasteiger partial charge in [0.2, 0.25) is 0 Å². The van der Waals surface area contributed by atoms with Gasteiger partial charge >= 0.3 is 0 Å². The highest BCUT2D eigenvalue weighted by Gasteiger charge is 2.12. The molecule has 0 aliphatic carbocycles. The fourth-order valence-electron chi connectivity index (χ4n) is 1.66. The van der Waals surface area contributed by atoms with Crippen molar-refractivity contribution in [2.75, 3.05) is 0 Å². The van der Waals surface area contributed by atoms with E-state index in [0.717, 1.165) is 6.20 Å². The van der Waals surface area contributed by atoms with Crippen molar-refractivity contribution in [3.63, 3.8) is 0 Å². The van der Waals surface area contributed by atoms with Gasteiger partial charge in [-0.05, 0) is 40.4 Å². The number of halogens is 2. The average Bonchev–Trinajstić information content (AvgIpc) is 2.35. The van der Waals surface area contributed by atoms with E-state index in [0.29, 0.717) is 34.0 Å². The molecule has 0 bridgehead atoms. The summed E-state index contributed by atoms with van der Waals surface area (Å²) < 4.78 is 13.3. The molecule has 100 valence electrons. The molecule has 0 unspecified atom stereocenters. The summed E-state index contributed by atoms with van der Waals surface area (Å²) >= 11 is 3.24. The summed E-state index contributed by atoms with van der Waals surface area (Å²) in [5.74, 6) is 0.300. The molecule has 0 amide bonds. The van der Waals surface area contributed by atoms with E-state index in [1.807, 2.05) is 13.8 Å². The summed E-state index contributed by atoms with van der Waals surface area (Å²) in [6.45, 7) is 4.09. The van der Waals surface area contributed by atoms with E-state index in [9.17, 15) is 9.18 Å². The Morgan fingerprint density at radius 3 is 2.74 bits per heavy atom. The van der Waals surface area contributed by atoms with Crippen LogP contribution in [0.1, 0.15) is 19.5 Å². The van der Waals surface area contributed by atoms with Crippen LogP contribution in [-0.2, 0) is 6.42 Å². The second-order valence-corrected chi connectivity index (χ2v) is 5.43. The lowest BCUT2D eigenvalue weighted by Gasteiger charge is -2.08. The number of aromatic amines is 1. The monoisotopic (exact) mass is 325 g/mol. The first-order valence-corrected chi connectivity index (χ1v) is 6.67. The minimum atomic E-state index is -0.425. The van der Waals surface area contributed by atoms with E-state index >= 15 is 0 Å². The summed E-state index contributed by atoms with van der Waals surface area (Å²) in [6.07, 6.45) is 1.78. The Morgan fingerprint density at radius 2 is 2.16 bits per heavy atom. The van der Waals surface area contributed by atoms with Gasteiger partial charge in [0, 0.05) is 0 Å². The van der Waals surface area contributed by atoms with E-state index in [-0.39, 0.29) is 5.56 Å². The van der Waals surface area contributed by atoms with Gasteiger partial charge in [-0.3, -0.25) is 4.79 Å². The molecule has 2 aromatic heterocycles. The van der Waals surface area contributed by atoms with E-state index in [1.165, 1.54) is 12.1 Å². The second kappa shape index (κ2) is 5.61. The fourth-order valence-corrected chi connectivity index (χ4v) is 2.01. The van der Waals surface area contributed by atoms with Crippen LogP contribution in [0.2, 0.25) is 0 Å². The predicted molar refractivity (Wildman–Crippen MR) is 74.3 cm³/mol. The highest BCUT2D eigenvalue weighted by Crippen LogP contribution is 2.17. The molecule has 2 heterocycles. The first-order valence-electron chi connectivity index (χ1n) is 5.88. The molecule has 0 atom stereocenters. The van der Waals surface area contributed by atoms with Crippen LogP contribution in [0.4, 0.5) is 4.39 Å². The first-order chi connectivity index (χ1) is 8.97. The number of nitrogens with zero attached hydrogens (tertiary/aromatic N) is 2. The lowest BCUT2D eigenvalue weighted by atomic mass is 10.1. The highest BCUT2D eigenvalue weighted by molar-refractivity contribution is 9.10. The largest absolute Gasteiger partial charge is 0.304 e. The Kier molecular flexibility index (Phi) is 4.09. The number of hydrogen-bond donors (Lipinski definition) is 1. The Balaban J connectivity index is 2.50. The van der Waals surface area contributed by atoms with Gasteiger partial charge in [0.25, 0.3) is 5.56 Å². The molecule has 6 heteroatoms. The molecule has 0 radical (unpaired) electrons. The van der Waals surface area contributed by atoms with Crippen molar-refractivity contribution in [3.05, 3.63) is 44.7 Å². The normalized spacial score (nSPS) is 11.0. The highest BCUT2D eigenvalue weighted by atomic mass is 79.9. The standard InChI is InChI=1S/C13H13BrFN3O/c1-7(2)5-10-11(14)13(19)18-12(17-10)9-4-3-8(15)6-16-9/h3-4,6-7H,5H2,1-2H3,(H,17,18,19). The zero-order chi connectivity index (χ0) is 14.0.